The first-order valence-electron chi connectivity index (χ1n) is 6.37. The smallest absolute Gasteiger partial charge is 0.175 e. The largest absolute Gasteiger partial charge is 0.332 e. The molecule has 2 aromatic carbocycles. The van der Waals surface area contributed by atoms with E-state index in [2.05, 4.69) is 64.7 Å². The van der Waals surface area contributed by atoms with Crippen molar-refractivity contribution in [3.8, 4) is 0 Å². The van der Waals surface area contributed by atoms with Gasteiger partial charge in [0.05, 0.1) is 0 Å². The van der Waals surface area contributed by atoms with Gasteiger partial charge >= 0.3 is 0 Å². The molecule has 0 spiro atoms. The van der Waals surface area contributed by atoms with E-state index in [-0.39, 0.29) is 0 Å². The minimum Gasteiger partial charge on any atom is -0.332 e. The van der Waals surface area contributed by atoms with Crippen molar-refractivity contribution in [2.45, 2.75) is 20.8 Å². The molecule has 20 heavy (non-hydrogen) atoms. The highest BCUT2D eigenvalue weighted by atomic mass is 79.9. The van der Waals surface area contributed by atoms with Crippen LogP contribution >= 0.6 is 28.1 Å². The van der Waals surface area contributed by atoms with Crippen LogP contribution in [0.4, 0.5) is 11.4 Å². The number of hydrogen-bond donors (Lipinski definition) is 2. The van der Waals surface area contributed by atoms with Crippen molar-refractivity contribution in [2.75, 3.05) is 10.6 Å². The van der Waals surface area contributed by atoms with Gasteiger partial charge in [0, 0.05) is 15.8 Å². The van der Waals surface area contributed by atoms with Gasteiger partial charge in [-0.15, -0.1) is 0 Å². The highest BCUT2D eigenvalue weighted by Crippen LogP contribution is 2.21. The van der Waals surface area contributed by atoms with E-state index >= 15 is 0 Å². The summed E-state index contributed by atoms with van der Waals surface area (Å²) < 4.78 is 1.06. The predicted octanol–water partition coefficient (Wildman–Crippen LogP) is 5.18. The third-order valence-electron chi connectivity index (χ3n) is 3.08. The lowest BCUT2D eigenvalue weighted by atomic mass is 10.1. The maximum absolute atomic E-state index is 5.38. The van der Waals surface area contributed by atoms with Crippen LogP contribution in [0.1, 0.15) is 16.7 Å². The van der Waals surface area contributed by atoms with Gasteiger partial charge in [-0.05, 0) is 73.9 Å². The Morgan fingerprint density at radius 3 is 2.30 bits per heavy atom. The number of hydrogen-bond acceptors (Lipinski definition) is 1. The van der Waals surface area contributed by atoms with Gasteiger partial charge in [0.1, 0.15) is 0 Å². The van der Waals surface area contributed by atoms with E-state index in [4.69, 9.17) is 12.2 Å². The first kappa shape index (κ1) is 15.0. The zero-order chi connectivity index (χ0) is 14.7. The third-order valence-corrected chi connectivity index (χ3v) is 3.78. The van der Waals surface area contributed by atoms with Crippen LogP contribution in [0.2, 0.25) is 0 Å². The minimum absolute atomic E-state index is 0.601. The maximum Gasteiger partial charge on any atom is 0.175 e. The van der Waals surface area contributed by atoms with Crippen LogP contribution in [0.5, 0.6) is 0 Å². The van der Waals surface area contributed by atoms with Crippen molar-refractivity contribution in [1.29, 1.82) is 0 Å². The second-order valence-corrected chi connectivity index (χ2v) is 6.18. The molecule has 0 aliphatic rings. The topological polar surface area (TPSA) is 24.1 Å². The van der Waals surface area contributed by atoms with Crippen LogP contribution in [0.25, 0.3) is 0 Å². The molecule has 0 aliphatic heterocycles. The van der Waals surface area contributed by atoms with Crippen molar-refractivity contribution < 1.29 is 0 Å². The molecule has 4 heteroatoms. The Hall–Kier alpha value is -1.39. The Morgan fingerprint density at radius 2 is 1.60 bits per heavy atom. The van der Waals surface area contributed by atoms with E-state index in [0.717, 1.165) is 21.4 Å². The molecule has 0 radical (unpaired) electrons. The van der Waals surface area contributed by atoms with Crippen LogP contribution in [0, 0.1) is 20.8 Å². The van der Waals surface area contributed by atoms with E-state index < -0.39 is 0 Å². The molecule has 2 N–H and O–H groups in total. The molecule has 0 aromatic heterocycles. The van der Waals surface area contributed by atoms with Crippen LogP contribution < -0.4 is 10.6 Å². The van der Waals surface area contributed by atoms with Crippen molar-refractivity contribution in [2.24, 2.45) is 0 Å². The molecule has 0 heterocycles. The number of aryl methyl sites for hydroxylation is 3. The van der Waals surface area contributed by atoms with Crippen LogP contribution in [-0.4, -0.2) is 5.11 Å². The minimum atomic E-state index is 0.601. The predicted molar refractivity (Wildman–Crippen MR) is 94.6 cm³/mol. The van der Waals surface area contributed by atoms with E-state index in [1.807, 2.05) is 19.1 Å². The fourth-order valence-corrected chi connectivity index (χ4v) is 2.61. The molecule has 0 fully saturated rings. The van der Waals surface area contributed by atoms with E-state index in [0.29, 0.717) is 5.11 Å². The summed E-state index contributed by atoms with van der Waals surface area (Å²) >= 11 is 8.84. The molecule has 0 atom stereocenters. The van der Waals surface area contributed by atoms with Gasteiger partial charge in [-0.1, -0.05) is 28.1 Å². The molecule has 0 saturated heterocycles. The number of thiocarbonyl (C=S) groups is 1. The standard InChI is InChI=1S/C16H17BrN2S/c1-10-4-5-11(2)15(8-10)19-16(20)18-14-7-6-13(17)9-12(14)3/h4-9H,1-3H3,(H2,18,19,20). The molecule has 0 bridgehead atoms. The Morgan fingerprint density at radius 1 is 0.900 bits per heavy atom. The molecule has 104 valence electrons. The molecule has 0 saturated carbocycles. The van der Waals surface area contributed by atoms with Gasteiger partial charge < -0.3 is 10.6 Å². The summed E-state index contributed by atoms with van der Waals surface area (Å²) in [5.74, 6) is 0. The molecule has 0 aliphatic carbocycles. The zero-order valence-corrected chi connectivity index (χ0v) is 14.2. The van der Waals surface area contributed by atoms with Gasteiger partial charge in [-0.2, -0.15) is 0 Å². The van der Waals surface area contributed by atoms with Crippen LogP contribution in [0.3, 0.4) is 0 Å². The Balaban J connectivity index is 2.11. The number of halogens is 1. The maximum atomic E-state index is 5.38. The molecular weight excluding hydrogens is 332 g/mol. The highest BCUT2D eigenvalue weighted by Gasteiger charge is 2.04. The summed E-state index contributed by atoms with van der Waals surface area (Å²) in [7, 11) is 0. The molecule has 2 rings (SSSR count). The first-order valence-corrected chi connectivity index (χ1v) is 7.57. The molecule has 2 aromatic rings. The molecule has 0 unspecified atom stereocenters. The Labute approximate surface area is 133 Å². The van der Waals surface area contributed by atoms with Gasteiger partial charge in [-0.3, -0.25) is 0 Å². The van der Waals surface area contributed by atoms with Crippen LogP contribution in [-0.2, 0) is 0 Å². The Kier molecular flexibility index (Phi) is 4.78. The fourth-order valence-electron chi connectivity index (χ4n) is 1.91. The van der Waals surface area contributed by atoms with Crippen molar-refractivity contribution >= 4 is 44.6 Å². The fraction of sp³-hybridized carbons (Fsp3) is 0.188. The average Bonchev–Trinajstić information content (AvgIpc) is 2.37. The van der Waals surface area contributed by atoms with Crippen molar-refractivity contribution in [3.63, 3.8) is 0 Å². The average molecular weight is 349 g/mol. The second kappa shape index (κ2) is 6.37. The highest BCUT2D eigenvalue weighted by molar-refractivity contribution is 9.10. The number of nitrogens with one attached hydrogen (secondary N) is 2. The summed E-state index contributed by atoms with van der Waals surface area (Å²) in [6.45, 7) is 6.18. The lowest BCUT2D eigenvalue weighted by Crippen LogP contribution is -2.20. The summed E-state index contributed by atoms with van der Waals surface area (Å²) in [6, 6.07) is 12.3. The summed E-state index contributed by atoms with van der Waals surface area (Å²) in [5.41, 5.74) is 5.57. The zero-order valence-electron chi connectivity index (χ0n) is 11.8. The van der Waals surface area contributed by atoms with Crippen molar-refractivity contribution in [3.05, 3.63) is 57.6 Å². The second-order valence-electron chi connectivity index (χ2n) is 4.86. The summed E-state index contributed by atoms with van der Waals surface area (Å²) in [5, 5.41) is 7.08. The van der Waals surface area contributed by atoms with E-state index in [1.165, 1.54) is 11.1 Å². The lowest BCUT2D eigenvalue weighted by Gasteiger charge is -2.14. The Bertz CT molecular complexity index is 653. The lowest BCUT2D eigenvalue weighted by molar-refractivity contribution is 1.39. The number of anilines is 2. The van der Waals surface area contributed by atoms with Gasteiger partial charge in [0.2, 0.25) is 0 Å². The van der Waals surface area contributed by atoms with E-state index in [9.17, 15) is 0 Å². The molecule has 2 nitrogen and oxygen atoms in total. The van der Waals surface area contributed by atoms with Gasteiger partial charge in [0.25, 0.3) is 0 Å². The third kappa shape index (κ3) is 3.81. The van der Waals surface area contributed by atoms with Crippen molar-refractivity contribution in [1.82, 2.24) is 0 Å². The number of benzene rings is 2. The van der Waals surface area contributed by atoms with Gasteiger partial charge in [0.15, 0.2) is 5.11 Å². The SMILES string of the molecule is Cc1ccc(C)c(NC(=S)Nc2ccc(Br)cc2C)c1. The van der Waals surface area contributed by atoms with Crippen LogP contribution in [0.15, 0.2) is 40.9 Å². The summed E-state index contributed by atoms with van der Waals surface area (Å²) in [4.78, 5) is 0. The molecule has 0 amide bonds. The molecular formula is C16H17BrN2S. The van der Waals surface area contributed by atoms with Gasteiger partial charge in [-0.25, -0.2) is 0 Å². The van der Waals surface area contributed by atoms with E-state index in [1.54, 1.807) is 0 Å². The number of rotatable bonds is 2. The first-order chi connectivity index (χ1) is 9.45. The normalized spacial score (nSPS) is 10.2. The quantitative estimate of drug-likeness (QED) is 0.730. The monoisotopic (exact) mass is 348 g/mol. The summed E-state index contributed by atoms with van der Waals surface area (Å²) in [6.07, 6.45) is 0.